The number of halogens is 1. The second kappa shape index (κ2) is 5.11. The highest BCUT2D eigenvalue weighted by Gasteiger charge is 2.17. The smallest absolute Gasteiger partial charge is 0.395 e. The molecular formula is C12H9ClN2O4. The molecule has 1 heterocycles. The van der Waals surface area contributed by atoms with Crippen LogP contribution in [-0.2, 0) is 0 Å². The fraction of sp³-hybridized carbons (Fsp3) is 0.0833. The average Bonchev–Trinajstić information content (AvgIpc) is 2.82. The van der Waals surface area contributed by atoms with Crippen molar-refractivity contribution in [3.63, 3.8) is 0 Å². The van der Waals surface area contributed by atoms with Gasteiger partial charge in [-0.3, -0.25) is 14.9 Å². The third kappa shape index (κ3) is 2.92. The summed E-state index contributed by atoms with van der Waals surface area (Å²) < 4.78 is 4.81. The van der Waals surface area contributed by atoms with Crippen LogP contribution in [-0.4, -0.2) is 10.8 Å². The van der Waals surface area contributed by atoms with Gasteiger partial charge in [0, 0.05) is 10.7 Å². The molecule has 0 bridgehead atoms. The maximum absolute atomic E-state index is 11.8. The van der Waals surface area contributed by atoms with Gasteiger partial charge >= 0.3 is 5.88 Å². The highest BCUT2D eigenvalue weighted by Crippen LogP contribution is 2.21. The Kier molecular flexibility index (Phi) is 3.52. The van der Waals surface area contributed by atoms with Crippen LogP contribution in [0.2, 0.25) is 5.02 Å². The lowest BCUT2D eigenvalue weighted by molar-refractivity contribution is -0.402. The summed E-state index contributed by atoms with van der Waals surface area (Å²) in [5.74, 6) is -1.16. The van der Waals surface area contributed by atoms with Gasteiger partial charge in [0.2, 0.25) is 0 Å². The molecule has 19 heavy (non-hydrogen) atoms. The lowest BCUT2D eigenvalue weighted by Crippen LogP contribution is -2.11. The van der Waals surface area contributed by atoms with Crippen LogP contribution in [0.15, 0.2) is 34.7 Å². The number of amides is 1. The monoisotopic (exact) mass is 280 g/mol. The Hall–Kier alpha value is -2.34. The highest BCUT2D eigenvalue weighted by molar-refractivity contribution is 6.30. The molecule has 0 unspecified atom stereocenters. The number of rotatable bonds is 3. The molecule has 0 aliphatic heterocycles. The summed E-state index contributed by atoms with van der Waals surface area (Å²) in [6, 6.07) is 7.35. The predicted octanol–water partition coefficient (Wildman–Crippen LogP) is 3.40. The zero-order valence-electron chi connectivity index (χ0n) is 9.84. The lowest BCUT2D eigenvalue weighted by atomic mass is 10.2. The average molecular weight is 281 g/mol. The van der Waals surface area contributed by atoms with E-state index in [1.165, 1.54) is 6.07 Å². The van der Waals surface area contributed by atoms with E-state index in [2.05, 4.69) is 5.32 Å². The van der Waals surface area contributed by atoms with Crippen LogP contribution in [0.3, 0.4) is 0 Å². The first-order chi connectivity index (χ1) is 8.97. The minimum absolute atomic E-state index is 0.124. The molecule has 1 aromatic heterocycles. The third-order valence-electron chi connectivity index (χ3n) is 2.43. The number of aryl methyl sites for hydroxylation is 1. The van der Waals surface area contributed by atoms with Gasteiger partial charge in [-0.05, 0) is 36.8 Å². The Balaban J connectivity index is 2.18. The summed E-state index contributed by atoms with van der Waals surface area (Å²) in [6.45, 7) is 1.78. The Bertz CT molecular complexity index is 651. The molecule has 0 fully saturated rings. The molecule has 2 aromatic rings. The molecule has 2 rings (SSSR count). The van der Waals surface area contributed by atoms with E-state index in [1.54, 1.807) is 25.1 Å². The number of carbonyl (C=O) groups is 1. The molecule has 1 N–H and O–H groups in total. The molecule has 0 atom stereocenters. The first-order valence-corrected chi connectivity index (χ1v) is 5.67. The molecule has 0 radical (unpaired) electrons. The summed E-state index contributed by atoms with van der Waals surface area (Å²) in [6.07, 6.45) is 0. The topological polar surface area (TPSA) is 85.4 Å². The number of nitrogens with one attached hydrogen (secondary N) is 1. The Morgan fingerprint density at radius 2 is 2.11 bits per heavy atom. The van der Waals surface area contributed by atoms with Crippen LogP contribution in [0.5, 0.6) is 0 Å². The number of furan rings is 1. The number of nitro groups is 1. The predicted molar refractivity (Wildman–Crippen MR) is 69.5 cm³/mol. The standard InChI is InChI=1S/C12H9ClN2O4/c1-7-6-8(13)2-3-9(7)14-12(16)10-4-5-11(19-10)15(17)18/h2-6H,1H3,(H,14,16). The van der Waals surface area contributed by atoms with Crippen molar-refractivity contribution in [2.75, 3.05) is 5.32 Å². The third-order valence-corrected chi connectivity index (χ3v) is 2.67. The van der Waals surface area contributed by atoms with E-state index in [-0.39, 0.29) is 5.76 Å². The van der Waals surface area contributed by atoms with E-state index in [0.717, 1.165) is 11.6 Å². The zero-order chi connectivity index (χ0) is 14.0. The van der Waals surface area contributed by atoms with E-state index in [9.17, 15) is 14.9 Å². The normalized spacial score (nSPS) is 10.2. The Morgan fingerprint density at radius 1 is 1.37 bits per heavy atom. The van der Waals surface area contributed by atoms with Crippen LogP contribution in [0.4, 0.5) is 11.6 Å². The van der Waals surface area contributed by atoms with Gasteiger partial charge in [-0.15, -0.1) is 0 Å². The van der Waals surface area contributed by atoms with E-state index in [0.29, 0.717) is 10.7 Å². The van der Waals surface area contributed by atoms with E-state index >= 15 is 0 Å². The van der Waals surface area contributed by atoms with Crippen molar-refractivity contribution in [3.8, 4) is 0 Å². The van der Waals surface area contributed by atoms with E-state index in [1.807, 2.05) is 0 Å². The molecular weight excluding hydrogens is 272 g/mol. The van der Waals surface area contributed by atoms with Crippen molar-refractivity contribution in [1.29, 1.82) is 0 Å². The van der Waals surface area contributed by atoms with Crippen molar-refractivity contribution in [1.82, 2.24) is 0 Å². The van der Waals surface area contributed by atoms with Gasteiger partial charge in [-0.1, -0.05) is 11.6 Å². The van der Waals surface area contributed by atoms with Crippen LogP contribution < -0.4 is 5.32 Å². The van der Waals surface area contributed by atoms with Crippen LogP contribution in [0, 0.1) is 17.0 Å². The summed E-state index contributed by atoms with van der Waals surface area (Å²) in [5, 5.41) is 13.6. The fourth-order valence-corrected chi connectivity index (χ4v) is 1.73. The van der Waals surface area contributed by atoms with Gasteiger partial charge in [0.05, 0.1) is 6.07 Å². The number of hydrogen-bond acceptors (Lipinski definition) is 4. The summed E-state index contributed by atoms with van der Waals surface area (Å²) in [4.78, 5) is 21.6. The second-order valence-corrected chi connectivity index (χ2v) is 4.24. The molecule has 0 aliphatic rings. The molecule has 0 saturated carbocycles. The number of anilines is 1. The summed E-state index contributed by atoms with van der Waals surface area (Å²) in [7, 11) is 0. The van der Waals surface area contributed by atoms with Gasteiger partial charge < -0.3 is 9.73 Å². The molecule has 7 heteroatoms. The molecule has 0 saturated heterocycles. The van der Waals surface area contributed by atoms with Crippen molar-refractivity contribution in [2.45, 2.75) is 6.92 Å². The van der Waals surface area contributed by atoms with E-state index < -0.39 is 16.7 Å². The largest absolute Gasteiger partial charge is 0.433 e. The molecule has 0 aliphatic carbocycles. The first kappa shape index (κ1) is 13.1. The molecule has 1 amide bonds. The number of hydrogen-bond donors (Lipinski definition) is 1. The summed E-state index contributed by atoms with van der Waals surface area (Å²) >= 11 is 5.80. The number of nitrogens with zero attached hydrogens (tertiary/aromatic N) is 1. The van der Waals surface area contributed by atoms with Crippen LogP contribution in [0.1, 0.15) is 16.1 Å². The molecule has 98 valence electrons. The molecule has 6 nitrogen and oxygen atoms in total. The summed E-state index contributed by atoms with van der Waals surface area (Å²) in [5.41, 5.74) is 1.34. The van der Waals surface area contributed by atoms with Crippen molar-refractivity contribution in [3.05, 3.63) is 56.8 Å². The van der Waals surface area contributed by atoms with Crippen LogP contribution >= 0.6 is 11.6 Å². The minimum atomic E-state index is -0.704. The Morgan fingerprint density at radius 3 is 2.68 bits per heavy atom. The molecule has 1 aromatic carbocycles. The van der Waals surface area contributed by atoms with Gasteiger partial charge in [0.25, 0.3) is 5.91 Å². The maximum atomic E-state index is 11.8. The van der Waals surface area contributed by atoms with Gasteiger partial charge in [0.1, 0.15) is 4.92 Å². The SMILES string of the molecule is Cc1cc(Cl)ccc1NC(=O)c1ccc([N+](=O)[O-])o1. The van der Waals surface area contributed by atoms with Crippen molar-refractivity contribution >= 4 is 29.1 Å². The molecule has 0 spiro atoms. The van der Waals surface area contributed by atoms with Gasteiger partial charge in [-0.2, -0.15) is 0 Å². The highest BCUT2D eigenvalue weighted by atomic mass is 35.5. The fourth-order valence-electron chi connectivity index (χ4n) is 1.50. The quantitative estimate of drug-likeness (QED) is 0.689. The second-order valence-electron chi connectivity index (χ2n) is 3.81. The van der Waals surface area contributed by atoms with Gasteiger partial charge in [-0.25, -0.2) is 0 Å². The lowest BCUT2D eigenvalue weighted by Gasteiger charge is -2.06. The Labute approximate surface area is 113 Å². The zero-order valence-corrected chi connectivity index (χ0v) is 10.6. The van der Waals surface area contributed by atoms with Crippen LogP contribution in [0.25, 0.3) is 0 Å². The van der Waals surface area contributed by atoms with Gasteiger partial charge in [0.15, 0.2) is 5.76 Å². The van der Waals surface area contributed by atoms with Crippen molar-refractivity contribution < 1.29 is 14.1 Å². The first-order valence-electron chi connectivity index (χ1n) is 5.29. The number of carbonyl (C=O) groups excluding carboxylic acids is 1. The van der Waals surface area contributed by atoms with Crippen molar-refractivity contribution in [2.24, 2.45) is 0 Å². The minimum Gasteiger partial charge on any atom is -0.395 e. The van der Waals surface area contributed by atoms with E-state index in [4.69, 9.17) is 16.0 Å². The maximum Gasteiger partial charge on any atom is 0.433 e. The number of benzene rings is 1.